The van der Waals surface area contributed by atoms with E-state index >= 15 is 0 Å². The van der Waals surface area contributed by atoms with Gasteiger partial charge in [-0.1, -0.05) is 41.0 Å². The van der Waals surface area contributed by atoms with Crippen LogP contribution in [0.3, 0.4) is 0 Å². The molecule has 1 atom stereocenters. The first-order valence-corrected chi connectivity index (χ1v) is 10.5. The Hall–Kier alpha value is -2.93. The summed E-state index contributed by atoms with van der Waals surface area (Å²) in [6, 6.07) is 12.9. The van der Waals surface area contributed by atoms with Gasteiger partial charge in [0, 0.05) is 23.1 Å². The number of carbonyl (C=O) groups excluding carboxylic acids is 1. The summed E-state index contributed by atoms with van der Waals surface area (Å²) in [5.74, 6) is 0.980. The monoisotopic (exact) mass is 444 g/mol. The second-order valence-corrected chi connectivity index (χ2v) is 9.11. The number of hydrogen-bond acceptors (Lipinski definition) is 6. The normalized spacial score (nSPS) is 19.7. The van der Waals surface area contributed by atoms with Crippen LogP contribution in [0.15, 0.2) is 47.6 Å². The first-order chi connectivity index (χ1) is 14.7. The van der Waals surface area contributed by atoms with Crippen LogP contribution in [0, 0.1) is 0 Å². The number of likely N-dealkylation sites (tertiary alicyclic amines) is 1. The van der Waals surface area contributed by atoms with E-state index in [2.05, 4.69) is 5.16 Å². The van der Waals surface area contributed by atoms with Crippen molar-refractivity contribution < 1.29 is 24.2 Å². The smallest absolute Gasteiger partial charge is 0.410 e. The molecule has 0 radical (unpaired) electrons. The summed E-state index contributed by atoms with van der Waals surface area (Å²) in [6.07, 6.45) is -0.402. The Kier molecular flexibility index (Phi) is 5.71. The highest BCUT2D eigenvalue weighted by Crippen LogP contribution is 2.35. The Bertz CT molecular complexity index is 1010. The molecule has 8 heteroatoms. The van der Waals surface area contributed by atoms with E-state index in [4.69, 9.17) is 25.8 Å². The molecule has 1 heterocycles. The van der Waals surface area contributed by atoms with E-state index in [-0.39, 0.29) is 12.2 Å². The minimum Gasteiger partial charge on any atom is -0.483 e. The molecule has 2 aliphatic rings. The summed E-state index contributed by atoms with van der Waals surface area (Å²) in [4.78, 5) is 13.7. The zero-order valence-electron chi connectivity index (χ0n) is 17.7. The van der Waals surface area contributed by atoms with Crippen LogP contribution in [0.4, 0.5) is 4.79 Å². The fraction of sp³-hybridized carbons (Fsp3) is 0.391. The number of fused-ring (bicyclic) bond motifs is 1. The van der Waals surface area contributed by atoms with Crippen molar-refractivity contribution in [2.24, 2.45) is 5.16 Å². The number of halogens is 1. The lowest BCUT2D eigenvalue weighted by Crippen LogP contribution is -2.57. The van der Waals surface area contributed by atoms with Crippen molar-refractivity contribution in [3.05, 3.63) is 58.6 Å². The van der Waals surface area contributed by atoms with Gasteiger partial charge in [-0.05, 0) is 38.5 Å². The van der Waals surface area contributed by atoms with E-state index in [0.29, 0.717) is 41.7 Å². The van der Waals surface area contributed by atoms with Crippen molar-refractivity contribution in [3.63, 3.8) is 0 Å². The van der Waals surface area contributed by atoms with Crippen LogP contribution in [-0.2, 0) is 11.2 Å². The molecule has 1 aliphatic heterocycles. The van der Waals surface area contributed by atoms with Gasteiger partial charge in [0.05, 0.1) is 13.1 Å². The highest BCUT2D eigenvalue weighted by Gasteiger charge is 2.36. The topological polar surface area (TPSA) is 80.6 Å². The van der Waals surface area contributed by atoms with Gasteiger partial charge in [-0.2, -0.15) is 0 Å². The summed E-state index contributed by atoms with van der Waals surface area (Å²) < 4.78 is 17.6. The van der Waals surface area contributed by atoms with E-state index in [0.717, 1.165) is 11.1 Å². The summed E-state index contributed by atoms with van der Waals surface area (Å²) >= 11 is 6.18. The molecule has 7 nitrogen and oxygen atoms in total. The SMILES string of the molecule is CC(C)(C)OC(=O)N1CC(Oc2cc(Cl)ccc2OC2Cc3ccccc3/C2=N\O)C1. The average Bonchev–Trinajstić information content (AvgIpc) is 3.01. The first kappa shape index (κ1) is 21.3. The molecule has 0 spiro atoms. The second-order valence-electron chi connectivity index (χ2n) is 8.67. The van der Waals surface area contributed by atoms with Gasteiger partial charge in [0.2, 0.25) is 0 Å². The van der Waals surface area contributed by atoms with Crippen LogP contribution >= 0.6 is 11.6 Å². The predicted molar refractivity (Wildman–Crippen MR) is 117 cm³/mol. The van der Waals surface area contributed by atoms with Crippen LogP contribution in [-0.4, -0.2) is 52.8 Å². The molecule has 1 amide bonds. The number of rotatable bonds is 4. The fourth-order valence-electron chi connectivity index (χ4n) is 3.63. The highest BCUT2D eigenvalue weighted by molar-refractivity contribution is 6.30. The minimum absolute atomic E-state index is 0.194. The molecule has 31 heavy (non-hydrogen) atoms. The van der Waals surface area contributed by atoms with Gasteiger partial charge < -0.3 is 24.3 Å². The molecule has 4 rings (SSSR count). The molecule has 1 unspecified atom stereocenters. The maximum absolute atomic E-state index is 12.1. The van der Waals surface area contributed by atoms with Gasteiger partial charge >= 0.3 is 6.09 Å². The van der Waals surface area contributed by atoms with Crippen LogP contribution < -0.4 is 9.47 Å². The number of oxime groups is 1. The molecule has 164 valence electrons. The Labute approximate surface area is 186 Å². The zero-order valence-corrected chi connectivity index (χ0v) is 18.4. The predicted octanol–water partition coefficient (Wildman–Crippen LogP) is 4.52. The van der Waals surface area contributed by atoms with Crippen LogP contribution in [0.25, 0.3) is 0 Å². The number of benzene rings is 2. The van der Waals surface area contributed by atoms with Crippen molar-refractivity contribution in [3.8, 4) is 11.5 Å². The molecule has 2 aromatic carbocycles. The lowest BCUT2D eigenvalue weighted by molar-refractivity contribution is -0.0228. The molecule has 0 bridgehead atoms. The number of carbonyl (C=O) groups is 1. The third-order valence-corrected chi connectivity index (χ3v) is 5.31. The third kappa shape index (κ3) is 4.71. The van der Waals surface area contributed by atoms with Crippen molar-refractivity contribution in [1.82, 2.24) is 4.90 Å². The molecule has 0 saturated carbocycles. The summed E-state index contributed by atoms with van der Waals surface area (Å²) in [7, 11) is 0. The number of nitrogens with zero attached hydrogens (tertiary/aromatic N) is 2. The average molecular weight is 445 g/mol. The quantitative estimate of drug-likeness (QED) is 0.554. The fourth-order valence-corrected chi connectivity index (χ4v) is 3.79. The van der Waals surface area contributed by atoms with E-state index in [9.17, 15) is 10.0 Å². The second kappa shape index (κ2) is 8.30. The lowest BCUT2D eigenvalue weighted by atomic mass is 10.1. The van der Waals surface area contributed by atoms with Gasteiger partial charge in [-0.15, -0.1) is 0 Å². The van der Waals surface area contributed by atoms with Crippen LogP contribution in [0.5, 0.6) is 11.5 Å². The van der Waals surface area contributed by atoms with Gasteiger partial charge in [0.1, 0.15) is 23.5 Å². The van der Waals surface area contributed by atoms with E-state index in [1.54, 1.807) is 23.1 Å². The first-order valence-electron chi connectivity index (χ1n) is 10.1. The highest BCUT2D eigenvalue weighted by atomic mass is 35.5. The molecule has 1 N–H and O–H groups in total. The molecular weight excluding hydrogens is 420 g/mol. The van der Waals surface area contributed by atoms with E-state index < -0.39 is 11.7 Å². The molecule has 1 saturated heterocycles. The van der Waals surface area contributed by atoms with Gasteiger partial charge in [-0.25, -0.2) is 4.79 Å². The minimum atomic E-state index is -0.540. The van der Waals surface area contributed by atoms with Gasteiger partial charge in [-0.3, -0.25) is 0 Å². The van der Waals surface area contributed by atoms with Crippen molar-refractivity contribution in [2.75, 3.05) is 13.1 Å². The third-order valence-electron chi connectivity index (χ3n) is 5.08. The zero-order chi connectivity index (χ0) is 22.2. The van der Waals surface area contributed by atoms with E-state index in [1.807, 2.05) is 45.0 Å². The molecule has 0 aromatic heterocycles. The van der Waals surface area contributed by atoms with Gasteiger partial charge in [0.25, 0.3) is 0 Å². The van der Waals surface area contributed by atoms with Crippen molar-refractivity contribution in [1.29, 1.82) is 0 Å². The molecule has 2 aromatic rings. The molecule has 1 aliphatic carbocycles. The van der Waals surface area contributed by atoms with Crippen LogP contribution in [0.2, 0.25) is 5.02 Å². The number of ether oxygens (including phenoxy) is 3. The van der Waals surface area contributed by atoms with E-state index in [1.165, 1.54) is 0 Å². The summed E-state index contributed by atoms with van der Waals surface area (Å²) in [5, 5.41) is 13.5. The maximum Gasteiger partial charge on any atom is 0.410 e. The van der Waals surface area contributed by atoms with Crippen molar-refractivity contribution >= 4 is 23.4 Å². The largest absolute Gasteiger partial charge is 0.483 e. The number of amides is 1. The molecule has 1 fully saturated rings. The molecular formula is C23H25ClN2O5. The Balaban J connectivity index is 1.43. The summed E-state index contributed by atoms with van der Waals surface area (Å²) in [6.45, 7) is 6.33. The number of hydrogen-bond donors (Lipinski definition) is 1. The van der Waals surface area contributed by atoms with Crippen LogP contribution in [0.1, 0.15) is 31.9 Å². The lowest BCUT2D eigenvalue weighted by Gasteiger charge is -2.39. The van der Waals surface area contributed by atoms with Crippen molar-refractivity contribution in [2.45, 2.75) is 45.0 Å². The van der Waals surface area contributed by atoms with Gasteiger partial charge in [0.15, 0.2) is 11.5 Å². The standard InChI is InChI=1S/C23H25ClN2O5/c1-23(2,3)31-22(27)26-12-16(13-26)29-19-11-15(24)8-9-18(19)30-20-10-14-6-4-5-7-17(14)21(20)25-28/h4-9,11,16,20,28H,10,12-13H2,1-3H3/b25-21+. The Morgan fingerprint density at radius 2 is 1.87 bits per heavy atom. The Morgan fingerprint density at radius 3 is 2.58 bits per heavy atom. The Morgan fingerprint density at radius 1 is 1.13 bits per heavy atom. The maximum atomic E-state index is 12.1. The summed E-state index contributed by atoms with van der Waals surface area (Å²) in [5.41, 5.74) is 1.88.